The lowest BCUT2D eigenvalue weighted by Gasteiger charge is -2.22. The Balaban J connectivity index is 1.57. The molecule has 1 saturated heterocycles. The monoisotopic (exact) mass is 391 g/mol. The summed E-state index contributed by atoms with van der Waals surface area (Å²) in [6, 6.07) is 8.07. The first-order valence-corrected chi connectivity index (χ1v) is 11.9. The molecule has 2 atom stereocenters. The first kappa shape index (κ1) is 19.6. The van der Waals surface area contributed by atoms with Crippen molar-refractivity contribution in [2.24, 2.45) is 13.0 Å². The van der Waals surface area contributed by atoms with Gasteiger partial charge in [0.15, 0.2) is 0 Å². The number of aryl methyl sites for hydroxylation is 1. The topological polar surface area (TPSA) is 46.9 Å². The SMILES string of the molecule is CC(C)[C@H](NC(=O)CCCCC1CCSS1)c1nc2ccccc2n1C. The number of unbranched alkanes of at least 4 members (excludes halogenated alkanes) is 1. The second kappa shape index (κ2) is 9.18. The normalized spacial score (nSPS) is 18.5. The molecule has 26 heavy (non-hydrogen) atoms. The minimum Gasteiger partial charge on any atom is -0.346 e. The zero-order chi connectivity index (χ0) is 18.5. The average molecular weight is 392 g/mol. The maximum atomic E-state index is 12.5. The van der Waals surface area contributed by atoms with Gasteiger partial charge >= 0.3 is 0 Å². The van der Waals surface area contributed by atoms with Gasteiger partial charge in [-0.3, -0.25) is 4.79 Å². The highest BCUT2D eigenvalue weighted by molar-refractivity contribution is 8.77. The Morgan fingerprint density at radius 3 is 2.85 bits per heavy atom. The fourth-order valence-electron chi connectivity index (χ4n) is 3.44. The molecule has 4 nitrogen and oxygen atoms in total. The molecule has 0 aliphatic carbocycles. The number of hydrogen-bond donors (Lipinski definition) is 1. The third-order valence-corrected chi connectivity index (χ3v) is 8.00. The molecule has 0 spiro atoms. The van der Waals surface area contributed by atoms with Gasteiger partial charge in [-0.25, -0.2) is 4.98 Å². The van der Waals surface area contributed by atoms with E-state index in [1.165, 1.54) is 18.6 Å². The van der Waals surface area contributed by atoms with Gasteiger partial charge in [0.2, 0.25) is 5.91 Å². The van der Waals surface area contributed by atoms with E-state index in [9.17, 15) is 4.79 Å². The molecule has 142 valence electrons. The molecule has 1 aliphatic heterocycles. The van der Waals surface area contributed by atoms with Gasteiger partial charge in [-0.15, -0.1) is 0 Å². The second-order valence-corrected chi connectivity index (χ2v) is 10.2. The molecule has 1 fully saturated rings. The van der Waals surface area contributed by atoms with Crippen molar-refractivity contribution in [2.45, 2.75) is 57.2 Å². The lowest BCUT2D eigenvalue weighted by molar-refractivity contribution is -0.122. The Morgan fingerprint density at radius 1 is 1.35 bits per heavy atom. The van der Waals surface area contributed by atoms with Crippen molar-refractivity contribution in [3.63, 3.8) is 0 Å². The van der Waals surface area contributed by atoms with E-state index in [0.717, 1.165) is 34.9 Å². The van der Waals surface area contributed by atoms with Gasteiger partial charge in [0.05, 0.1) is 17.1 Å². The first-order valence-electron chi connectivity index (χ1n) is 9.55. The van der Waals surface area contributed by atoms with E-state index in [1.807, 2.05) is 46.8 Å². The van der Waals surface area contributed by atoms with Crippen LogP contribution in [-0.4, -0.2) is 26.5 Å². The van der Waals surface area contributed by atoms with E-state index in [-0.39, 0.29) is 11.9 Å². The van der Waals surface area contributed by atoms with Crippen molar-refractivity contribution < 1.29 is 4.79 Å². The fourth-order valence-corrected chi connectivity index (χ4v) is 6.47. The molecule has 1 N–H and O–H groups in total. The highest BCUT2D eigenvalue weighted by Crippen LogP contribution is 2.39. The van der Waals surface area contributed by atoms with Crippen LogP contribution in [-0.2, 0) is 11.8 Å². The van der Waals surface area contributed by atoms with Crippen molar-refractivity contribution in [3.8, 4) is 0 Å². The van der Waals surface area contributed by atoms with Gasteiger partial charge in [0.25, 0.3) is 0 Å². The number of imidazole rings is 1. The number of para-hydroxylation sites is 2. The Kier molecular flexibility index (Phi) is 6.92. The van der Waals surface area contributed by atoms with E-state index in [2.05, 4.69) is 29.8 Å². The Bertz CT molecular complexity index is 738. The molecule has 2 heterocycles. The number of carbonyl (C=O) groups is 1. The maximum Gasteiger partial charge on any atom is 0.220 e. The summed E-state index contributed by atoms with van der Waals surface area (Å²) < 4.78 is 2.11. The maximum absolute atomic E-state index is 12.5. The molecular weight excluding hydrogens is 362 g/mol. The molecule has 0 radical (unpaired) electrons. The van der Waals surface area contributed by atoms with E-state index in [1.54, 1.807) is 0 Å². The van der Waals surface area contributed by atoms with Gasteiger partial charge in [-0.2, -0.15) is 0 Å². The molecule has 0 saturated carbocycles. The minimum absolute atomic E-state index is 0.0540. The van der Waals surface area contributed by atoms with Crippen molar-refractivity contribution in [1.29, 1.82) is 0 Å². The highest BCUT2D eigenvalue weighted by atomic mass is 33.1. The van der Waals surface area contributed by atoms with E-state index >= 15 is 0 Å². The molecule has 1 unspecified atom stereocenters. The van der Waals surface area contributed by atoms with Crippen LogP contribution in [0.2, 0.25) is 0 Å². The number of aromatic nitrogens is 2. The van der Waals surface area contributed by atoms with Crippen LogP contribution in [0.25, 0.3) is 11.0 Å². The van der Waals surface area contributed by atoms with Crippen LogP contribution >= 0.6 is 21.6 Å². The summed E-state index contributed by atoms with van der Waals surface area (Å²) in [5, 5.41) is 4.03. The van der Waals surface area contributed by atoms with Gasteiger partial charge in [-0.05, 0) is 37.3 Å². The predicted octanol–water partition coefficient (Wildman–Crippen LogP) is 5.10. The lowest BCUT2D eigenvalue weighted by Crippen LogP contribution is -2.33. The largest absolute Gasteiger partial charge is 0.346 e. The van der Waals surface area contributed by atoms with Crippen molar-refractivity contribution in [3.05, 3.63) is 30.1 Å². The summed E-state index contributed by atoms with van der Waals surface area (Å²) in [7, 11) is 6.04. The highest BCUT2D eigenvalue weighted by Gasteiger charge is 2.23. The van der Waals surface area contributed by atoms with Crippen LogP contribution in [0.5, 0.6) is 0 Å². The molecule has 3 rings (SSSR count). The smallest absolute Gasteiger partial charge is 0.220 e. The van der Waals surface area contributed by atoms with Crippen LogP contribution < -0.4 is 5.32 Å². The quantitative estimate of drug-likeness (QED) is 0.502. The Labute approximate surface area is 164 Å². The van der Waals surface area contributed by atoms with Crippen LogP contribution in [0.1, 0.15) is 57.8 Å². The van der Waals surface area contributed by atoms with Gasteiger partial charge < -0.3 is 9.88 Å². The summed E-state index contributed by atoms with van der Waals surface area (Å²) >= 11 is 0. The van der Waals surface area contributed by atoms with E-state index < -0.39 is 0 Å². The zero-order valence-electron chi connectivity index (χ0n) is 15.9. The number of amides is 1. The molecule has 2 aromatic rings. The van der Waals surface area contributed by atoms with Crippen LogP contribution in [0.15, 0.2) is 24.3 Å². The molecule has 1 aromatic carbocycles. The minimum atomic E-state index is -0.0540. The van der Waals surface area contributed by atoms with E-state index in [4.69, 9.17) is 4.98 Å². The number of benzene rings is 1. The first-order chi connectivity index (χ1) is 12.6. The van der Waals surface area contributed by atoms with Gasteiger partial charge in [-0.1, -0.05) is 54.0 Å². The number of carbonyl (C=O) groups excluding carboxylic acids is 1. The summed E-state index contributed by atoms with van der Waals surface area (Å²) in [6.07, 6.45) is 5.29. The summed E-state index contributed by atoms with van der Waals surface area (Å²) in [5.41, 5.74) is 2.09. The lowest BCUT2D eigenvalue weighted by atomic mass is 10.0. The van der Waals surface area contributed by atoms with Gasteiger partial charge in [0.1, 0.15) is 5.82 Å². The van der Waals surface area contributed by atoms with Gasteiger partial charge in [0, 0.05) is 24.5 Å². The average Bonchev–Trinajstić information content (AvgIpc) is 3.25. The van der Waals surface area contributed by atoms with Crippen LogP contribution in [0.3, 0.4) is 0 Å². The van der Waals surface area contributed by atoms with Crippen molar-refractivity contribution >= 4 is 38.5 Å². The van der Waals surface area contributed by atoms with Crippen LogP contribution in [0.4, 0.5) is 0 Å². The summed E-state index contributed by atoms with van der Waals surface area (Å²) in [5.74, 6) is 2.66. The number of rotatable bonds is 8. The Morgan fingerprint density at radius 2 is 2.15 bits per heavy atom. The zero-order valence-corrected chi connectivity index (χ0v) is 17.5. The second-order valence-electron chi connectivity index (χ2n) is 7.38. The van der Waals surface area contributed by atoms with Crippen molar-refractivity contribution in [1.82, 2.24) is 14.9 Å². The molecule has 6 heteroatoms. The van der Waals surface area contributed by atoms with E-state index in [0.29, 0.717) is 12.3 Å². The number of nitrogens with one attached hydrogen (secondary N) is 1. The molecule has 1 amide bonds. The molecule has 1 aromatic heterocycles. The number of hydrogen-bond acceptors (Lipinski definition) is 4. The Hall–Kier alpha value is -1.14. The van der Waals surface area contributed by atoms with Crippen LogP contribution in [0, 0.1) is 5.92 Å². The number of nitrogens with zero attached hydrogens (tertiary/aromatic N) is 2. The number of fused-ring (bicyclic) bond motifs is 1. The third-order valence-electron chi connectivity index (χ3n) is 4.99. The predicted molar refractivity (Wildman–Crippen MR) is 113 cm³/mol. The molecule has 0 bridgehead atoms. The molecular formula is C20H29N3OS2. The molecule has 1 aliphatic rings. The van der Waals surface area contributed by atoms with Crippen molar-refractivity contribution in [2.75, 3.05) is 5.75 Å². The third kappa shape index (κ3) is 4.77. The standard InChI is InChI=1S/C20H29N3OS2/c1-14(2)19(20-21-16-9-5-6-10-17(16)23(20)3)22-18(24)11-7-4-8-15-12-13-25-26-15/h5-6,9-10,14-15,19H,4,7-8,11-13H2,1-3H3,(H,22,24)/t15?,19-/m0/s1. The summed E-state index contributed by atoms with van der Waals surface area (Å²) in [6.45, 7) is 4.28. The fraction of sp³-hybridized carbons (Fsp3) is 0.600. The summed E-state index contributed by atoms with van der Waals surface area (Å²) in [4.78, 5) is 17.3.